The van der Waals surface area contributed by atoms with Crippen LogP contribution in [0.2, 0.25) is 0 Å². The van der Waals surface area contributed by atoms with Crippen molar-refractivity contribution in [3.8, 4) is 0 Å². The average molecular weight is 272 g/mol. The summed E-state index contributed by atoms with van der Waals surface area (Å²) in [4.78, 5) is 0. The first kappa shape index (κ1) is 18.1. The van der Waals surface area contributed by atoms with Gasteiger partial charge in [-0.1, -0.05) is 0 Å². The molecule has 0 saturated carbocycles. The summed E-state index contributed by atoms with van der Waals surface area (Å²) in [6.45, 7) is 0. The number of halogens is 7. The predicted octanol–water partition coefficient (Wildman–Crippen LogP) is -3.05. The van der Waals surface area contributed by atoms with Gasteiger partial charge in [-0.2, -0.15) is 0 Å². The Hall–Kier alpha value is 2.25. The molecule has 0 bridgehead atoms. The van der Waals surface area contributed by atoms with E-state index in [1.807, 2.05) is 0 Å². The summed E-state index contributed by atoms with van der Waals surface area (Å²) >= 11 is -13.3. The van der Waals surface area contributed by atoms with Gasteiger partial charge in [-0.25, -0.2) is 0 Å². The Kier molecular flexibility index (Phi) is 3.96. The third-order valence-electron chi connectivity index (χ3n) is 0. The van der Waals surface area contributed by atoms with Crippen molar-refractivity contribution in [2.75, 3.05) is 0 Å². The first-order valence-corrected chi connectivity index (χ1v) is 7.00. The van der Waals surface area contributed by atoms with Gasteiger partial charge >= 0.3 is 97.3 Å². The first-order valence-electron chi connectivity index (χ1n) is 1.18. The molecular weight excluding hydrogens is 272 g/mol. The molecule has 0 aliphatic carbocycles. The Bertz CT molecular complexity index is 104. The molecule has 0 saturated heterocycles. The maximum Gasteiger partial charge on any atom is 1.00 e. The molecular formula is F7Na2Nb. The van der Waals surface area contributed by atoms with Crippen LogP contribution in [-0.2, 0) is 17.0 Å². The zero-order chi connectivity index (χ0) is 7.38. The summed E-state index contributed by atoms with van der Waals surface area (Å²) in [5, 5.41) is 0. The van der Waals surface area contributed by atoms with Crippen molar-refractivity contribution >= 4 is 0 Å². The number of hydrogen-bond donors (Lipinski definition) is 0. The summed E-state index contributed by atoms with van der Waals surface area (Å²) in [6, 6.07) is 0. The van der Waals surface area contributed by atoms with E-state index in [1.54, 1.807) is 0 Å². The van der Waals surface area contributed by atoms with E-state index >= 15 is 0 Å². The predicted molar refractivity (Wildman–Crippen MR) is 7.76 cm³/mol. The molecule has 56 valence electrons. The zero-order valence-corrected chi connectivity index (χ0v) is 11.3. The number of rotatable bonds is 0. The van der Waals surface area contributed by atoms with E-state index in [1.165, 1.54) is 0 Å². The molecule has 0 aromatic rings. The summed E-state index contributed by atoms with van der Waals surface area (Å²) < 4.78 is 69.6. The van der Waals surface area contributed by atoms with Gasteiger partial charge in [0.25, 0.3) is 0 Å². The van der Waals surface area contributed by atoms with Gasteiger partial charge in [-0.05, 0) is 0 Å². The summed E-state index contributed by atoms with van der Waals surface area (Å²) in [5.74, 6) is 0. The topological polar surface area (TPSA) is 0 Å². The standard InChI is InChI=1S/7FH.2Na.Nb/h7*1H;;;/q;;;;;;;2*+1;+5/p-7. The third kappa shape index (κ3) is 173. The molecule has 0 atom stereocenters. The van der Waals surface area contributed by atoms with Crippen molar-refractivity contribution in [3.05, 3.63) is 0 Å². The largest absolute Gasteiger partial charge is 1.00 e. The Morgan fingerprint density at radius 2 is 0.500 bits per heavy atom. The molecule has 10 heteroatoms. The van der Waals surface area contributed by atoms with Crippen LogP contribution in [-0.4, -0.2) is 0 Å². The summed E-state index contributed by atoms with van der Waals surface area (Å²) in [5.41, 5.74) is 0. The van der Waals surface area contributed by atoms with Gasteiger partial charge in [0, 0.05) is 0 Å². The molecule has 0 rings (SSSR count). The van der Waals surface area contributed by atoms with Crippen LogP contribution in [0.25, 0.3) is 0 Å². The van der Waals surface area contributed by atoms with Gasteiger partial charge in [0.05, 0.1) is 0 Å². The van der Waals surface area contributed by atoms with Gasteiger partial charge < -0.3 is 0 Å². The van der Waals surface area contributed by atoms with Crippen molar-refractivity contribution in [1.29, 1.82) is 0 Å². The molecule has 0 radical (unpaired) electrons. The smallest absolute Gasteiger partial charge is 1.00 e. The van der Waals surface area contributed by atoms with Gasteiger partial charge in [0.2, 0.25) is 0 Å². The molecule has 10 heavy (non-hydrogen) atoms. The molecule has 0 aliphatic rings. The van der Waals surface area contributed by atoms with Crippen molar-refractivity contribution in [2.24, 2.45) is 0 Å². The molecule has 0 aromatic carbocycles. The number of hydrogen-bond acceptors (Lipinski definition) is 0. The minimum Gasteiger partial charge on any atom is 1.00 e. The molecule has 0 heterocycles. The van der Waals surface area contributed by atoms with Gasteiger partial charge in [-0.15, -0.1) is 0 Å². The molecule has 0 fully saturated rings. The minimum atomic E-state index is -13.3. The second-order valence-corrected chi connectivity index (χ2v) is 7.94. The summed E-state index contributed by atoms with van der Waals surface area (Å²) in [7, 11) is 0. The quantitative estimate of drug-likeness (QED) is 0.324. The monoisotopic (exact) mass is 272 g/mol. The second kappa shape index (κ2) is 2.19. The Morgan fingerprint density at radius 1 is 0.500 bits per heavy atom. The molecule has 0 amide bonds. The first-order chi connectivity index (χ1) is 2.65. The molecule has 0 aliphatic heterocycles. The van der Waals surface area contributed by atoms with Gasteiger partial charge in [0.1, 0.15) is 0 Å². The van der Waals surface area contributed by atoms with Crippen molar-refractivity contribution in [2.45, 2.75) is 0 Å². The van der Waals surface area contributed by atoms with E-state index in [9.17, 15) is 21.2 Å². The molecule has 0 N–H and O–H groups in total. The van der Waals surface area contributed by atoms with Gasteiger partial charge in [0.15, 0.2) is 0 Å². The van der Waals surface area contributed by atoms with Crippen LogP contribution in [0.4, 0.5) is 21.2 Å². The molecule has 0 unspecified atom stereocenters. The maximum absolute atomic E-state index is 13.3. The average Bonchev–Trinajstić information content (AvgIpc) is 0.544. The Morgan fingerprint density at radius 3 is 0.500 bits per heavy atom. The van der Waals surface area contributed by atoms with Crippen LogP contribution in [0.3, 0.4) is 0 Å². The fraction of sp³-hybridized carbons (Fsp3) is 0. The fourth-order valence-corrected chi connectivity index (χ4v) is 0. The zero-order valence-electron chi connectivity index (χ0n) is 5.09. The van der Waals surface area contributed by atoms with Crippen LogP contribution in [0, 0.1) is 0 Å². The molecule has 0 aromatic heterocycles. The third-order valence-corrected chi connectivity index (χ3v) is 0. The normalized spacial score (nSPS) is 21.7. The Balaban J connectivity index is -0.000000245. The molecule has 0 nitrogen and oxygen atoms in total. The van der Waals surface area contributed by atoms with E-state index in [4.69, 9.17) is 0 Å². The SMILES string of the molecule is [F][Nb-2]([F])([F])([F])([F])([F])[F].[Na+].[Na+]. The van der Waals surface area contributed by atoms with Crippen LogP contribution < -0.4 is 59.1 Å². The van der Waals surface area contributed by atoms with E-state index < -0.39 is 17.0 Å². The van der Waals surface area contributed by atoms with Crippen molar-refractivity contribution in [3.63, 3.8) is 0 Å². The second-order valence-electron chi connectivity index (χ2n) is 1.34. The Labute approximate surface area is 95.8 Å². The van der Waals surface area contributed by atoms with Crippen molar-refractivity contribution < 1.29 is 97.3 Å². The van der Waals surface area contributed by atoms with E-state index in [2.05, 4.69) is 0 Å². The van der Waals surface area contributed by atoms with E-state index in [0.29, 0.717) is 0 Å². The van der Waals surface area contributed by atoms with Crippen LogP contribution >= 0.6 is 0 Å². The fourth-order valence-electron chi connectivity index (χ4n) is 0. The maximum atomic E-state index is 9.94. The van der Waals surface area contributed by atoms with Crippen LogP contribution in [0.15, 0.2) is 0 Å². The van der Waals surface area contributed by atoms with Gasteiger partial charge in [-0.3, -0.25) is 0 Å². The van der Waals surface area contributed by atoms with E-state index in [-0.39, 0.29) is 59.1 Å². The van der Waals surface area contributed by atoms with Crippen LogP contribution in [0.1, 0.15) is 0 Å². The minimum absolute atomic E-state index is 0. The van der Waals surface area contributed by atoms with Crippen LogP contribution in [0.5, 0.6) is 0 Å². The molecule has 0 spiro atoms. The van der Waals surface area contributed by atoms with E-state index in [0.717, 1.165) is 0 Å². The summed E-state index contributed by atoms with van der Waals surface area (Å²) in [6.07, 6.45) is 0. The van der Waals surface area contributed by atoms with Crippen molar-refractivity contribution in [1.82, 2.24) is 0 Å².